The molecule has 0 atom stereocenters. The second kappa shape index (κ2) is 9.90. The van der Waals surface area contributed by atoms with Crippen LogP contribution in [0.4, 0.5) is 10.3 Å². The lowest BCUT2D eigenvalue weighted by Crippen LogP contribution is -2.38. The van der Waals surface area contributed by atoms with Crippen molar-refractivity contribution in [2.24, 2.45) is 5.92 Å². The molecule has 1 amide bonds. The van der Waals surface area contributed by atoms with Gasteiger partial charge in [-0.2, -0.15) is 4.98 Å². The van der Waals surface area contributed by atoms with E-state index in [9.17, 15) is 9.18 Å². The van der Waals surface area contributed by atoms with E-state index in [0.717, 1.165) is 42.9 Å². The Kier molecular flexibility index (Phi) is 6.53. The predicted octanol–water partition coefficient (Wildman–Crippen LogP) is 4.85. The number of hydrogen-bond donors (Lipinski definition) is 0. The van der Waals surface area contributed by atoms with Crippen molar-refractivity contribution in [1.82, 2.24) is 14.9 Å². The van der Waals surface area contributed by atoms with E-state index in [0.29, 0.717) is 36.5 Å². The molecule has 1 aromatic heterocycles. The maximum atomic E-state index is 14.3. The maximum Gasteiger partial charge on any atom is 0.257 e. The van der Waals surface area contributed by atoms with Gasteiger partial charge in [0.1, 0.15) is 17.3 Å². The van der Waals surface area contributed by atoms with Crippen LogP contribution in [0.2, 0.25) is 0 Å². The number of carbonyl (C=O) groups excluding carboxylic acids is 1. The number of methoxy groups -OCH3 is 1. The van der Waals surface area contributed by atoms with E-state index in [-0.39, 0.29) is 18.0 Å². The first-order chi connectivity index (χ1) is 17.0. The van der Waals surface area contributed by atoms with E-state index >= 15 is 0 Å². The van der Waals surface area contributed by atoms with Crippen molar-refractivity contribution in [1.29, 1.82) is 0 Å². The fourth-order valence-electron chi connectivity index (χ4n) is 4.54. The number of nitrogens with zero attached hydrogens (tertiary/aromatic N) is 4. The summed E-state index contributed by atoms with van der Waals surface area (Å²) in [6.07, 6.45) is 2.74. The number of ether oxygens (including phenoxy) is 2. The highest BCUT2D eigenvalue weighted by molar-refractivity contribution is 5.94. The first kappa shape index (κ1) is 23.1. The van der Waals surface area contributed by atoms with Gasteiger partial charge >= 0.3 is 0 Å². The summed E-state index contributed by atoms with van der Waals surface area (Å²) in [5.41, 5.74) is 1.69. The van der Waals surface area contributed by atoms with Crippen molar-refractivity contribution in [3.05, 3.63) is 71.2 Å². The summed E-state index contributed by atoms with van der Waals surface area (Å²) in [6.45, 7) is 4.78. The lowest BCUT2D eigenvalue weighted by atomic mass is 9.99. The van der Waals surface area contributed by atoms with E-state index < -0.39 is 5.82 Å². The van der Waals surface area contributed by atoms with Crippen molar-refractivity contribution >= 4 is 11.9 Å². The van der Waals surface area contributed by atoms with E-state index in [1.54, 1.807) is 24.1 Å². The van der Waals surface area contributed by atoms with Gasteiger partial charge in [0, 0.05) is 26.1 Å². The molecule has 0 saturated carbocycles. The maximum absolute atomic E-state index is 14.3. The quantitative estimate of drug-likeness (QED) is 0.524. The molecular weight excluding hydrogens is 447 g/mol. The highest BCUT2D eigenvalue weighted by atomic mass is 19.1. The SMILES string of the molecule is COc1ccc(Oc2nc(N3CCC(C)CC3)nc3c2CN(C(=O)c2ccccc2F)CC3)cc1. The molecule has 35 heavy (non-hydrogen) atoms. The molecule has 2 aromatic carbocycles. The number of benzene rings is 2. The number of amides is 1. The zero-order chi connectivity index (χ0) is 24.4. The van der Waals surface area contributed by atoms with E-state index in [2.05, 4.69) is 11.8 Å². The number of rotatable bonds is 5. The van der Waals surface area contributed by atoms with Crippen molar-refractivity contribution in [2.45, 2.75) is 32.7 Å². The van der Waals surface area contributed by atoms with Crippen molar-refractivity contribution < 1.29 is 18.7 Å². The minimum atomic E-state index is -0.524. The van der Waals surface area contributed by atoms with Crippen LogP contribution in [0.15, 0.2) is 48.5 Å². The fraction of sp³-hybridized carbons (Fsp3) is 0.370. The molecule has 5 rings (SSSR count). The number of carbonyl (C=O) groups is 1. The Morgan fingerprint density at radius 2 is 1.71 bits per heavy atom. The van der Waals surface area contributed by atoms with Gasteiger partial charge in [-0.05, 0) is 55.2 Å². The lowest BCUT2D eigenvalue weighted by Gasteiger charge is -2.33. The minimum Gasteiger partial charge on any atom is -0.497 e. The average molecular weight is 477 g/mol. The summed E-state index contributed by atoms with van der Waals surface area (Å²) in [5.74, 6) is 2.25. The molecule has 2 aliphatic rings. The molecule has 1 fully saturated rings. The predicted molar refractivity (Wildman–Crippen MR) is 131 cm³/mol. The van der Waals surface area contributed by atoms with Crippen LogP contribution < -0.4 is 14.4 Å². The number of piperidine rings is 1. The van der Waals surface area contributed by atoms with Crippen LogP contribution in [-0.4, -0.2) is 47.5 Å². The first-order valence-electron chi connectivity index (χ1n) is 12.0. The third kappa shape index (κ3) is 4.92. The van der Waals surface area contributed by atoms with Crippen LogP contribution >= 0.6 is 0 Å². The van der Waals surface area contributed by atoms with Crippen LogP contribution in [0.5, 0.6) is 17.4 Å². The molecule has 7 nitrogen and oxygen atoms in total. The van der Waals surface area contributed by atoms with E-state index in [4.69, 9.17) is 19.4 Å². The molecule has 2 aliphatic heterocycles. The summed E-state index contributed by atoms with van der Waals surface area (Å²) < 4.78 is 25.8. The molecule has 0 radical (unpaired) electrons. The van der Waals surface area contributed by atoms with Crippen molar-refractivity contribution in [2.75, 3.05) is 31.6 Å². The highest BCUT2D eigenvalue weighted by Crippen LogP contribution is 2.33. The van der Waals surface area contributed by atoms with E-state index in [1.807, 2.05) is 24.3 Å². The fourth-order valence-corrected chi connectivity index (χ4v) is 4.54. The number of aromatic nitrogens is 2. The summed E-state index contributed by atoms with van der Waals surface area (Å²) in [7, 11) is 1.61. The molecule has 0 unspecified atom stereocenters. The van der Waals surface area contributed by atoms with Crippen LogP contribution in [0.1, 0.15) is 41.4 Å². The van der Waals surface area contributed by atoms with Gasteiger partial charge in [-0.3, -0.25) is 4.79 Å². The third-order valence-corrected chi connectivity index (χ3v) is 6.74. The number of fused-ring (bicyclic) bond motifs is 1. The molecule has 8 heteroatoms. The zero-order valence-electron chi connectivity index (χ0n) is 20.0. The minimum absolute atomic E-state index is 0.0635. The topological polar surface area (TPSA) is 67.8 Å². The zero-order valence-corrected chi connectivity index (χ0v) is 20.0. The Hall–Kier alpha value is -3.68. The molecule has 1 saturated heterocycles. The second-order valence-corrected chi connectivity index (χ2v) is 9.16. The average Bonchev–Trinajstić information content (AvgIpc) is 2.89. The molecule has 0 spiro atoms. The molecule has 3 aromatic rings. The van der Waals surface area contributed by atoms with Gasteiger partial charge in [-0.15, -0.1) is 0 Å². The summed E-state index contributed by atoms with van der Waals surface area (Å²) in [5, 5.41) is 0. The third-order valence-electron chi connectivity index (χ3n) is 6.74. The summed E-state index contributed by atoms with van der Waals surface area (Å²) in [6, 6.07) is 13.3. The standard InChI is InChI=1S/C27H29FN4O3/c1-18-11-14-31(15-12-18)27-29-24-13-16-32(26(33)21-5-3-4-6-23(21)28)17-22(24)25(30-27)35-20-9-7-19(34-2)8-10-20/h3-10,18H,11-17H2,1-2H3. The van der Waals surface area contributed by atoms with Gasteiger partial charge in [0.15, 0.2) is 0 Å². The molecule has 3 heterocycles. The van der Waals surface area contributed by atoms with Crippen LogP contribution in [0, 0.1) is 11.7 Å². The Bertz CT molecular complexity index is 1210. The Balaban J connectivity index is 1.47. The van der Waals surface area contributed by atoms with Crippen LogP contribution in [0.3, 0.4) is 0 Å². The monoisotopic (exact) mass is 476 g/mol. The van der Waals surface area contributed by atoms with E-state index in [1.165, 1.54) is 12.1 Å². The van der Waals surface area contributed by atoms with Crippen LogP contribution in [-0.2, 0) is 13.0 Å². The number of halogens is 1. The normalized spacial score (nSPS) is 16.1. The largest absolute Gasteiger partial charge is 0.497 e. The van der Waals surface area contributed by atoms with Crippen LogP contribution in [0.25, 0.3) is 0 Å². The van der Waals surface area contributed by atoms with Gasteiger partial charge in [-0.1, -0.05) is 19.1 Å². The highest BCUT2D eigenvalue weighted by Gasteiger charge is 2.30. The molecular formula is C27H29FN4O3. The second-order valence-electron chi connectivity index (χ2n) is 9.16. The van der Waals surface area contributed by atoms with Gasteiger partial charge in [0.25, 0.3) is 5.91 Å². The Morgan fingerprint density at radius 3 is 2.43 bits per heavy atom. The summed E-state index contributed by atoms with van der Waals surface area (Å²) in [4.78, 5) is 26.6. The molecule has 182 valence electrons. The first-order valence-corrected chi connectivity index (χ1v) is 12.0. The molecule has 0 aliphatic carbocycles. The summed E-state index contributed by atoms with van der Waals surface area (Å²) >= 11 is 0. The number of anilines is 1. The molecule has 0 bridgehead atoms. The molecule has 0 N–H and O–H groups in total. The Labute approximate surface area is 204 Å². The van der Waals surface area contributed by atoms with Gasteiger partial charge < -0.3 is 19.3 Å². The van der Waals surface area contributed by atoms with Gasteiger partial charge in [0.2, 0.25) is 11.8 Å². The van der Waals surface area contributed by atoms with Gasteiger partial charge in [0.05, 0.1) is 30.5 Å². The van der Waals surface area contributed by atoms with Gasteiger partial charge in [-0.25, -0.2) is 9.37 Å². The van der Waals surface area contributed by atoms with Crippen molar-refractivity contribution in [3.63, 3.8) is 0 Å². The Morgan fingerprint density at radius 1 is 1.00 bits per heavy atom. The van der Waals surface area contributed by atoms with Crippen molar-refractivity contribution in [3.8, 4) is 17.4 Å². The lowest BCUT2D eigenvalue weighted by molar-refractivity contribution is 0.0727. The smallest absolute Gasteiger partial charge is 0.257 e. The number of hydrogen-bond acceptors (Lipinski definition) is 6.